The van der Waals surface area contributed by atoms with Gasteiger partial charge in [0, 0.05) is 29.9 Å². The molecule has 3 aromatic rings. The van der Waals surface area contributed by atoms with Crippen LogP contribution < -0.4 is 0 Å². The van der Waals surface area contributed by atoms with Crippen molar-refractivity contribution in [2.24, 2.45) is 0 Å². The molecule has 0 radical (unpaired) electrons. The first-order valence-electron chi connectivity index (χ1n) is 8.64. The smallest absolute Gasteiger partial charge is 0.283 e. The highest BCUT2D eigenvalue weighted by atomic mass is 32.1. The zero-order valence-electron chi connectivity index (χ0n) is 14.6. The molecule has 1 amide bonds. The van der Waals surface area contributed by atoms with Crippen LogP contribution in [0.1, 0.15) is 60.0 Å². The number of hydrogen-bond donors (Lipinski definition) is 0. The second kappa shape index (κ2) is 6.95. The van der Waals surface area contributed by atoms with E-state index < -0.39 is 0 Å². The Labute approximate surface area is 155 Å². The van der Waals surface area contributed by atoms with E-state index in [-0.39, 0.29) is 11.9 Å². The second-order valence-corrected chi connectivity index (χ2v) is 7.44. The summed E-state index contributed by atoms with van der Waals surface area (Å²) in [6, 6.07) is 3.46. The molecule has 1 saturated heterocycles. The first-order valence-corrected chi connectivity index (χ1v) is 9.52. The summed E-state index contributed by atoms with van der Waals surface area (Å²) in [5.41, 5.74) is 1.79. The van der Waals surface area contributed by atoms with Crippen LogP contribution >= 0.6 is 11.3 Å². The van der Waals surface area contributed by atoms with Crippen LogP contribution in [-0.4, -0.2) is 37.5 Å². The summed E-state index contributed by atoms with van der Waals surface area (Å²) in [4.78, 5) is 27.7. The Morgan fingerprint density at radius 1 is 1.31 bits per heavy atom. The molecule has 8 heteroatoms. The van der Waals surface area contributed by atoms with Gasteiger partial charge in [0.2, 0.25) is 11.7 Å². The van der Waals surface area contributed by atoms with Crippen molar-refractivity contribution in [3.63, 3.8) is 0 Å². The van der Waals surface area contributed by atoms with Gasteiger partial charge in [-0.25, -0.2) is 4.98 Å². The van der Waals surface area contributed by atoms with Crippen LogP contribution in [0.15, 0.2) is 34.4 Å². The van der Waals surface area contributed by atoms with E-state index in [4.69, 9.17) is 4.52 Å². The van der Waals surface area contributed by atoms with Gasteiger partial charge in [0.25, 0.3) is 5.91 Å². The molecule has 1 aliphatic rings. The molecule has 0 saturated carbocycles. The fourth-order valence-corrected chi connectivity index (χ4v) is 3.96. The number of nitrogens with zero attached hydrogens (tertiary/aromatic N) is 5. The lowest BCUT2D eigenvalue weighted by molar-refractivity contribution is 0.0709. The molecule has 0 aromatic carbocycles. The third-order valence-electron chi connectivity index (χ3n) is 4.48. The lowest BCUT2D eigenvalue weighted by atomic mass is 10.2. The summed E-state index contributed by atoms with van der Waals surface area (Å²) in [5, 5.41) is 6.54. The maximum atomic E-state index is 12.9. The van der Waals surface area contributed by atoms with Crippen LogP contribution in [0.5, 0.6) is 0 Å². The summed E-state index contributed by atoms with van der Waals surface area (Å²) in [6.07, 6.45) is 5.09. The largest absolute Gasteiger partial charge is 0.337 e. The molecule has 1 aliphatic heterocycles. The van der Waals surface area contributed by atoms with E-state index in [9.17, 15) is 4.79 Å². The predicted octanol–water partition coefficient (Wildman–Crippen LogP) is 3.69. The maximum absolute atomic E-state index is 12.9. The van der Waals surface area contributed by atoms with Crippen LogP contribution in [0, 0.1) is 0 Å². The molecule has 0 bridgehead atoms. The molecule has 7 nitrogen and oxygen atoms in total. The van der Waals surface area contributed by atoms with Crippen molar-refractivity contribution in [1.29, 1.82) is 0 Å². The third-order valence-corrected chi connectivity index (χ3v) is 5.32. The molecular weight excluding hydrogens is 350 g/mol. The summed E-state index contributed by atoms with van der Waals surface area (Å²) in [5.74, 6) is 1.23. The Kier molecular flexibility index (Phi) is 4.50. The van der Waals surface area contributed by atoms with Crippen molar-refractivity contribution in [2.75, 3.05) is 6.54 Å². The molecule has 0 aliphatic carbocycles. The standard InChI is InChI=1S/C18H19N5O2S/c1-11(2)13-10-26-17(20-13)18(24)23-9-3-4-14(23)16-21-15(22-25-16)12-5-7-19-8-6-12/h5-8,10-11,14H,3-4,9H2,1-2H3/t14-/m0/s1. The quantitative estimate of drug-likeness (QED) is 0.697. The van der Waals surface area contributed by atoms with Gasteiger partial charge in [-0.2, -0.15) is 4.98 Å². The number of carbonyl (C=O) groups is 1. The van der Waals surface area contributed by atoms with Gasteiger partial charge in [-0.3, -0.25) is 9.78 Å². The fourth-order valence-electron chi connectivity index (χ4n) is 3.03. The highest BCUT2D eigenvalue weighted by Gasteiger charge is 2.35. The van der Waals surface area contributed by atoms with Crippen molar-refractivity contribution in [1.82, 2.24) is 25.0 Å². The Hall–Kier alpha value is -2.61. The van der Waals surface area contributed by atoms with Crippen LogP contribution in [0.25, 0.3) is 11.4 Å². The van der Waals surface area contributed by atoms with E-state index in [1.54, 1.807) is 17.3 Å². The van der Waals surface area contributed by atoms with Gasteiger partial charge in [-0.05, 0) is 30.9 Å². The number of thiazole rings is 1. The SMILES string of the molecule is CC(C)c1csc(C(=O)N2CCC[C@H]2c2nc(-c3ccncc3)no2)n1. The van der Waals surface area contributed by atoms with Crippen LogP contribution in [-0.2, 0) is 0 Å². The van der Waals surface area contributed by atoms with Gasteiger partial charge < -0.3 is 9.42 Å². The fraction of sp³-hybridized carbons (Fsp3) is 0.389. The molecule has 3 aromatic heterocycles. The Morgan fingerprint density at radius 2 is 2.12 bits per heavy atom. The predicted molar refractivity (Wildman–Crippen MR) is 96.7 cm³/mol. The highest BCUT2D eigenvalue weighted by molar-refractivity contribution is 7.11. The minimum absolute atomic E-state index is 0.0620. The van der Waals surface area contributed by atoms with Crippen molar-refractivity contribution >= 4 is 17.2 Å². The van der Waals surface area contributed by atoms with Gasteiger partial charge in [0.15, 0.2) is 5.01 Å². The Balaban J connectivity index is 1.57. The number of hydrogen-bond acceptors (Lipinski definition) is 7. The average Bonchev–Trinajstić information content (AvgIpc) is 3.41. The zero-order chi connectivity index (χ0) is 18.1. The summed E-state index contributed by atoms with van der Waals surface area (Å²) in [6.45, 7) is 4.81. The van der Waals surface area contributed by atoms with E-state index in [1.165, 1.54) is 11.3 Å². The van der Waals surface area contributed by atoms with Crippen molar-refractivity contribution in [3.8, 4) is 11.4 Å². The molecule has 4 heterocycles. The first-order chi connectivity index (χ1) is 12.6. The minimum Gasteiger partial charge on any atom is -0.337 e. The lowest BCUT2D eigenvalue weighted by Gasteiger charge is -2.20. The second-order valence-electron chi connectivity index (χ2n) is 6.58. The van der Waals surface area contributed by atoms with Crippen LogP contribution in [0.3, 0.4) is 0 Å². The monoisotopic (exact) mass is 369 g/mol. The van der Waals surface area contributed by atoms with Crippen molar-refractivity contribution < 1.29 is 9.32 Å². The Bertz CT molecular complexity index is 905. The number of rotatable bonds is 4. The minimum atomic E-state index is -0.197. The van der Waals surface area contributed by atoms with Gasteiger partial charge in [0.1, 0.15) is 6.04 Å². The Morgan fingerprint density at radius 3 is 2.85 bits per heavy atom. The number of pyridine rings is 1. The number of likely N-dealkylation sites (tertiary alicyclic amines) is 1. The molecule has 0 unspecified atom stereocenters. The van der Waals surface area contributed by atoms with Crippen molar-refractivity contribution in [3.05, 3.63) is 46.5 Å². The van der Waals surface area contributed by atoms with Crippen molar-refractivity contribution in [2.45, 2.75) is 38.6 Å². The van der Waals surface area contributed by atoms with E-state index in [0.717, 1.165) is 24.1 Å². The van der Waals surface area contributed by atoms with E-state index >= 15 is 0 Å². The molecule has 26 heavy (non-hydrogen) atoms. The van der Waals surface area contributed by atoms with E-state index in [0.29, 0.717) is 29.2 Å². The van der Waals surface area contributed by atoms with Crippen LogP contribution in [0.2, 0.25) is 0 Å². The zero-order valence-corrected chi connectivity index (χ0v) is 15.4. The summed E-state index contributed by atoms with van der Waals surface area (Å²) < 4.78 is 5.47. The van der Waals surface area contributed by atoms with Gasteiger partial charge >= 0.3 is 0 Å². The van der Waals surface area contributed by atoms with E-state index in [2.05, 4.69) is 34.0 Å². The number of carbonyl (C=O) groups excluding carboxylic acids is 1. The normalized spacial score (nSPS) is 17.2. The van der Waals surface area contributed by atoms with Crippen LogP contribution in [0.4, 0.5) is 0 Å². The first kappa shape index (κ1) is 16.8. The molecule has 0 spiro atoms. The van der Waals surface area contributed by atoms with Gasteiger partial charge in [-0.15, -0.1) is 11.3 Å². The summed E-state index contributed by atoms with van der Waals surface area (Å²) >= 11 is 1.40. The third kappa shape index (κ3) is 3.12. The molecule has 134 valence electrons. The maximum Gasteiger partial charge on any atom is 0.283 e. The molecule has 4 rings (SSSR count). The molecule has 1 atom stereocenters. The lowest BCUT2D eigenvalue weighted by Crippen LogP contribution is -2.30. The molecular formula is C18H19N5O2S. The highest BCUT2D eigenvalue weighted by Crippen LogP contribution is 2.33. The average molecular weight is 369 g/mol. The number of amides is 1. The van der Waals surface area contributed by atoms with Gasteiger partial charge in [-0.1, -0.05) is 19.0 Å². The van der Waals surface area contributed by atoms with E-state index in [1.807, 2.05) is 17.5 Å². The molecule has 0 N–H and O–H groups in total. The van der Waals surface area contributed by atoms with Gasteiger partial charge in [0.05, 0.1) is 5.69 Å². The topological polar surface area (TPSA) is 85.0 Å². The number of aromatic nitrogens is 4. The summed E-state index contributed by atoms with van der Waals surface area (Å²) in [7, 11) is 0. The molecule has 1 fully saturated rings.